The van der Waals surface area contributed by atoms with Crippen molar-refractivity contribution in [2.45, 2.75) is 6.92 Å². The highest BCUT2D eigenvalue weighted by Crippen LogP contribution is 2.26. The van der Waals surface area contributed by atoms with E-state index in [4.69, 9.17) is 37.9 Å². The lowest BCUT2D eigenvalue weighted by molar-refractivity contribution is -0.134. The lowest BCUT2D eigenvalue weighted by Gasteiger charge is -2.11. The Morgan fingerprint density at radius 3 is 2.52 bits per heavy atom. The average Bonchev–Trinajstić information content (AvgIpc) is 2.76. The van der Waals surface area contributed by atoms with Gasteiger partial charge in [0.05, 0.1) is 35.7 Å². The quantitative estimate of drug-likeness (QED) is 0.362. The highest BCUT2D eigenvalue weighted by molar-refractivity contribution is 6.43. The molecule has 0 bridgehead atoms. The molecule has 160 valence electrons. The first kappa shape index (κ1) is 23.7. The first-order valence-electron chi connectivity index (χ1n) is 8.70. The van der Waals surface area contributed by atoms with Gasteiger partial charge in [0.2, 0.25) is 5.71 Å². The number of hydrogen-bond acceptors (Lipinski definition) is 8. The van der Waals surface area contributed by atoms with Gasteiger partial charge in [-0.05, 0) is 43.3 Å². The first-order valence-corrected chi connectivity index (χ1v) is 9.46. The minimum atomic E-state index is -0.943. The average molecular weight is 463 g/mol. The number of rotatable bonds is 7. The molecule has 0 atom stereocenters. The van der Waals surface area contributed by atoms with Gasteiger partial charge in [0.15, 0.2) is 0 Å². The van der Waals surface area contributed by atoms with Gasteiger partial charge < -0.3 is 14.8 Å². The van der Waals surface area contributed by atoms with Crippen molar-refractivity contribution in [1.29, 1.82) is 5.26 Å². The van der Waals surface area contributed by atoms with Crippen LogP contribution >= 0.6 is 23.2 Å². The summed E-state index contributed by atoms with van der Waals surface area (Å²) in [5, 5.41) is 16.0. The van der Waals surface area contributed by atoms with Gasteiger partial charge in [0.25, 0.3) is 5.91 Å². The number of nitrogens with zero attached hydrogens (tertiary/aromatic N) is 2. The van der Waals surface area contributed by atoms with E-state index in [-0.39, 0.29) is 34.1 Å². The number of carbonyl (C=O) groups excluding carboxylic acids is 3. The molecule has 11 heteroatoms. The fourth-order valence-electron chi connectivity index (χ4n) is 2.29. The second-order valence-corrected chi connectivity index (χ2v) is 6.58. The number of anilines is 2. The van der Waals surface area contributed by atoms with Gasteiger partial charge in [-0.15, -0.1) is 0 Å². The van der Waals surface area contributed by atoms with Crippen molar-refractivity contribution in [3.05, 3.63) is 57.6 Å². The number of hydrazone groups is 1. The van der Waals surface area contributed by atoms with Crippen LogP contribution in [0.3, 0.4) is 0 Å². The van der Waals surface area contributed by atoms with Crippen molar-refractivity contribution < 1.29 is 23.9 Å². The molecule has 0 heterocycles. The molecule has 0 fully saturated rings. The minimum Gasteiger partial charge on any atom is -0.465 e. The van der Waals surface area contributed by atoms with Crippen LogP contribution in [0, 0.1) is 11.3 Å². The van der Waals surface area contributed by atoms with Gasteiger partial charge >= 0.3 is 11.9 Å². The molecule has 0 aliphatic carbocycles. The summed E-state index contributed by atoms with van der Waals surface area (Å²) in [4.78, 5) is 36.4. The van der Waals surface area contributed by atoms with Gasteiger partial charge in [-0.25, -0.2) is 9.59 Å². The molecule has 2 aromatic rings. The normalized spacial score (nSPS) is 10.6. The molecule has 0 aliphatic rings. The van der Waals surface area contributed by atoms with E-state index in [9.17, 15) is 14.4 Å². The zero-order valence-corrected chi connectivity index (χ0v) is 17.9. The van der Waals surface area contributed by atoms with Crippen molar-refractivity contribution in [3.63, 3.8) is 0 Å². The van der Waals surface area contributed by atoms with Gasteiger partial charge in [0, 0.05) is 10.6 Å². The largest absolute Gasteiger partial charge is 0.465 e. The summed E-state index contributed by atoms with van der Waals surface area (Å²) >= 11 is 12.0. The van der Waals surface area contributed by atoms with E-state index in [1.165, 1.54) is 37.4 Å². The van der Waals surface area contributed by atoms with Crippen molar-refractivity contribution in [1.82, 2.24) is 0 Å². The fraction of sp³-hybridized carbons (Fsp3) is 0.150. The lowest BCUT2D eigenvalue weighted by atomic mass is 10.1. The van der Waals surface area contributed by atoms with E-state index in [1.807, 2.05) is 0 Å². The molecule has 0 saturated heterocycles. The highest BCUT2D eigenvalue weighted by atomic mass is 35.5. The van der Waals surface area contributed by atoms with E-state index in [0.717, 1.165) is 0 Å². The van der Waals surface area contributed by atoms with Crippen LogP contribution in [0.1, 0.15) is 27.6 Å². The molecule has 0 spiro atoms. The van der Waals surface area contributed by atoms with Gasteiger partial charge in [-0.2, -0.15) is 10.4 Å². The predicted molar refractivity (Wildman–Crippen MR) is 116 cm³/mol. The molecule has 2 rings (SSSR count). The van der Waals surface area contributed by atoms with Crippen LogP contribution in [-0.2, 0) is 14.3 Å². The topological polar surface area (TPSA) is 130 Å². The van der Waals surface area contributed by atoms with E-state index in [0.29, 0.717) is 5.02 Å². The van der Waals surface area contributed by atoms with E-state index in [1.54, 1.807) is 19.1 Å². The van der Waals surface area contributed by atoms with E-state index >= 15 is 0 Å². The summed E-state index contributed by atoms with van der Waals surface area (Å²) in [6.07, 6.45) is 0. The molecule has 31 heavy (non-hydrogen) atoms. The van der Waals surface area contributed by atoms with Gasteiger partial charge in [-0.1, -0.05) is 23.2 Å². The molecule has 0 radical (unpaired) electrons. The number of benzene rings is 2. The monoisotopic (exact) mass is 462 g/mol. The highest BCUT2D eigenvalue weighted by Gasteiger charge is 2.18. The third kappa shape index (κ3) is 6.18. The van der Waals surface area contributed by atoms with Crippen molar-refractivity contribution >= 4 is 58.1 Å². The lowest BCUT2D eigenvalue weighted by Crippen LogP contribution is -2.18. The third-order valence-electron chi connectivity index (χ3n) is 3.73. The van der Waals surface area contributed by atoms with Crippen LogP contribution in [0.15, 0.2) is 41.5 Å². The minimum absolute atomic E-state index is 0.0183. The zero-order valence-electron chi connectivity index (χ0n) is 16.4. The second-order valence-electron chi connectivity index (χ2n) is 5.73. The Bertz CT molecular complexity index is 1100. The number of carbonyl (C=O) groups is 3. The third-order valence-corrected chi connectivity index (χ3v) is 4.29. The fourth-order valence-corrected chi connectivity index (χ4v) is 2.62. The molecule has 9 nitrogen and oxygen atoms in total. The standard InChI is InChI=1S/C20H16Cl2N4O5/c1-3-31-20(29)17(10-23)26-25-15-8-11(4-6-13(15)19(28)30-2)18(27)24-16-9-12(21)5-7-14(16)22/h4-9,25H,3H2,1-2H3,(H,24,27). The second kappa shape index (κ2) is 11.0. The first-order chi connectivity index (χ1) is 14.8. The van der Waals surface area contributed by atoms with Gasteiger partial charge in [0.1, 0.15) is 6.07 Å². The summed E-state index contributed by atoms with van der Waals surface area (Å²) < 4.78 is 9.42. The summed E-state index contributed by atoms with van der Waals surface area (Å²) in [7, 11) is 1.18. The Kier molecular flexibility index (Phi) is 8.37. The molecule has 2 aromatic carbocycles. The molecule has 0 aromatic heterocycles. The van der Waals surface area contributed by atoms with Gasteiger partial charge in [-0.3, -0.25) is 10.2 Å². The predicted octanol–water partition coefficient (Wildman–Crippen LogP) is 3.89. The Balaban J connectivity index is 2.38. The van der Waals surface area contributed by atoms with E-state index in [2.05, 4.69) is 15.8 Å². The van der Waals surface area contributed by atoms with Crippen LogP contribution in [0.25, 0.3) is 0 Å². The summed E-state index contributed by atoms with van der Waals surface area (Å²) in [6, 6.07) is 10.2. The summed E-state index contributed by atoms with van der Waals surface area (Å²) in [6.45, 7) is 1.62. The maximum atomic E-state index is 12.6. The number of nitriles is 1. The molecule has 2 N–H and O–H groups in total. The van der Waals surface area contributed by atoms with Crippen molar-refractivity contribution in [3.8, 4) is 6.07 Å². The van der Waals surface area contributed by atoms with Crippen molar-refractivity contribution in [2.75, 3.05) is 24.5 Å². The number of esters is 2. The molecular formula is C20H16Cl2N4O5. The summed E-state index contributed by atoms with van der Waals surface area (Å²) in [5.74, 6) is -2.22. The number of halogens is 2. The number of nitrogens with one attached hydrogen (secondary N) is 2. The van der Waals surface area contributed by atoms with E-state index < -0.39 is 23.6 Å². The van der Waals surface area contributed by atoms with Crippen LogP contribution in [0.5, 0.6) is 0 Å². The number of hydrogen-bond donors (Lipinski definition) is 2. The van der Waals surface area contributed by atoms with Crippen molar-refractivity contribution in [2.24, 2.45) is 5.10 Å². The molecular weight excluding hydrogens is 447 g/mol. The molecule has 1 amide bonds. The Morgan fingerprint density at radius 2 is 1.87 bits per heavy atom. The Labute approximate surface area is 187 Å². The van der Waals surface area contributed by atoms with Crippen LogP contribution in [0.4, 0.5) is 11.4 Å². The maximum Gasteiger partial charge on any atom is 0.369 e. The zero-order chi connectivity index (χ0) is 23.0. The Morgan fingerprint density at radius 1 is 1.13 bits per heavy atom. The summed E-state index contributed by atoms with van der Waals surface area (Å²) in [5.41, 5.74) is 2.32. The SMILES string of the molecule is CCOC(=O)C(C#N)=NNc1cc(C(=O)Nc2cc(Cl)ccc2Cl)ccc1C(=O)OC. The molecule has 0 unspecified atom stereocenters. The van der Waals surface area contributed by atoms with Crippen LogP contribution in [0.2, 0.25) is 10.0 Å². The number of ether oxygens (including phenoxy) is 2. The number of amides is 1. The maximum absolute atomic E-state index is 12.6. The molecule has 0 aliphatic heterocycles. The Hall–Kier alpha value is -3.61. The number of methoxy groups -OCH3 is 1. The molecule has 0 saturated carbocycles. The smallest absolute Gasteiger partial charge is 0.369 e. The van der Waals surface area contributed by atoms with Crippen LogP contribution < -0.4 is 10.7 Å². The van der Waals surface area contributed by atoms with Crippen LogP contribution in [-0.4, -0.2) is 37.3 Å².